The van der Waals surface area contributed by atoms with Crippen molar-refractivity contribution < 1.29 is 9.90 Å². The van der Waals surface area contributed by atoms with Crippen LogP contribution in [0.5, 0.6) is 5.75 Å². The molecule has 0 bridgehead atoms. The number of aromatic hydroxyl groups is 1. The Bertz CT molecular complexity index is 592. The molecule has 2 aromatic heterocycles. The first-order chi connectivity index (χ1) is 7.15. The molecule has 1 N–H and O–H groups in total. The lowest BCUT2D eigenvalue weighted by Gasteiger charge is -1.99. The van der Waals surface area contributed by atoms with Crippen LogP contribution in [0.4, 0.5) is 0 Å². The highest BCUT2D eigenvalue weighted by Gasteiger charge is 2.12. The van der Waals surface area contributed by atoms with E-state index >= 15 is 0 Å². The third kappa shape index (κ3) is 1.23. The van der Waals surface area contributed by atoms with E-state index in [9.17, 15) is 9.90 Å². The minimum absolute atomic E-state index is 0.0278. The van der Waals surface area contributed by atoms with E-state index in [-0.39, 0.29) is 17.2 Å². The van der Waals surface area contributed by atoms with E-state index in [1.54, 1.807) is 6.07 Å². The highest BCUT2D eigenvalue weighted by atomic mass is 16.3. The molecule has 0 atom stereocenters. The molecular weight excluding hydrogens is 194 g/mol. The number of aromatic nitrogens is 2. The van der Waals surface area contributed by atoms with Crippen molar-refractivity contribution in [1.82, 2.24) is 9.61 Å². The topological polar surface area (TPSA) is 78.4 Å². The van der Waals surface area contributed by atoms with Crippen molar-refractivity contribution >= 4 is 11.3 Å². The summed E-state index contributed by atoms with van der Waals surface area (Å²) in [5.74, 6) is -0.275. The predicted octanol–water partition coefficient (Wildman–Crippen LogP) is 1.11. The van der Waals surface area contributed by atoms with E-state index in [0.717, 1.165) is 0 Å². The van der Waals surface area contributed by atoms with E-state index in [2.05, 4.69) is 5.10 Å². The summed E-state index contributed by atoms with van der Waals surface area (Å²) in [7, 11) is 0. The largest absolute Gasteiger partial charge is 0.505 e. The van der Waals surface area contributed by atoms with Crippen LogP contribution in [0.2, 0.25) is 0 Å². The molecule has 5 nitrogen and oxygen atoms in total. The monoisotopic (exact) mass is 201 g/mol. The second kappa shape index (κ2) is 3.10. The number of carbonyl (C=O) groups excluding carboxylic acids is 1. The minimum Gasteiger partial charge on any atom is -0.505 e. The van der Waals surface area contributed by atoms with Gasteiger partial charge in [-0.25, -0.2) is 4.52 Å². The van der Waals surface area contributed by atoms with E-state index < -0.39 is 0 Å². The Kier molecular flexibility index (Phi) is 1.90. The summed E-state index contributed by atoms with van der Waals surface area (Å²) < 4.78 is 1.26. The van der Waals surface area contributed by atoms with Crippen molar-refractivity contribution in [1.29, 1.82) is 5.26 Å². The van der Waals surface area contributed by atoms with Crippen LogP contribution in [-0.2, 0) is 0 Å². The molecule has 0 radical (unpaired) electrons. The molecule has 0 spiro atoms. The maximum atomic E-state index is 11.2. The van der Waals surface area contributed by atoms with Crippen molar-refractivity contribution in [3.05, 3.63) is 29.6 Å². The Hall–Kier alpha value is -2.35. The lowest BCUT2D eigenvalue weighted by Crippen LogP contribution is -1.96. The van der Waals surface area contributed by atoms with Crippen molar-refractivity contribution in [2.24, 2.45) is 0 Å². The zero-order valence-electron chi connectivity index (χ0n) is 7.93. The average Bonchev–Trinajstić information content (AvgIpc) is 2.61. The van der Waals surface area contributed by atoms with Crippen LogP contribution in [0.3, 0.4) is 0 Å². The maximum Gasteiger partial charge on any atom is 0.184 e. The standard InChI is InChI=1S/C10H7N3O2/c1-6(14)7-5-12-13-8(7)2-3-10(15)9(13)4-11/h2-3,5,15H,1H3. The molecule has 5 heteroatoms. The molecule has 0 aliphatic carbocycles. The smallest absolute Gasteiger partial charge is 0.184 e. The number of pyridine rings is 1. The Morgan fingerprint density at radius 3 is 2.93 bits per heavy atom. The summed E-state index contributed by atoms with van der Waals surface area (Å²) in [4.78, 5) is 11.2. The first-order valence-corrected chi connectivity index (χ1v) is 4.26. The van der Waals surface area contributed by atoms with Crippen LogP contribution in [0.1, 0.15) is 23.0 Å². The van der Waals surface area contributed by atoms with Gasteiger partial charge in [0.15, 0.2) is 17.2 Å². The van der Waals surface area contributed by atoms with Gasteiger partial charge in [0.2, 0.25) is 0 Å². The average molecular weight is 201 g/mol. The van der Waals surface area contributed by atoms with Gasteiger partial charge in [-0.15, -0.1) is 0 Å². The van der Waals surface area contributed by atoms with Crippen LogP contribution in [0.15, 0.2) is 18.3 Å². The van der Waals surface area contributed by atoms with Gasteiger partial charge in [0.1, 0.15) is 6.07 Å². The van der Waals surface area contributed by atoms with Crippen molar-refractivity contribution in [3.8, 4) is 11.8 Å². The molecule has 74 valence electrons. The third-order valence-corrected chi connectivity index (χ3v) is 2.15. The van der Waals surface area contributed by atoms with Crippen LogP contribution in [0, 0.1) is 11.3 Å². The molecule has 0 saturated carbocycles. The number of nitriles is 1. The summed E-state index contributed by atoms with van der Waals surface area (Å²) in [6.45, 7) is 1.43. The molecular formula is C10H7N3O2. The number of fused-ring (bicyclic) bond motifs is 1. The molecule has 0 aromatic carbocycles. The SMILES string of the molecule is CC(=O)c1cnn2c(C#N)c(O)ccc12. The van der Waals surface area contributed by atoms with Crippen LogP contribution < -0.4 is 0 Å². The van der Waals surface area contributed by atoms with Gasteiger partial charge in [0, 0.05) is 0 Å². The molecule has 0 unspecified atom stereocenters. The van der Waals surface area contributed by atoms with Gasteiger partial charge in [0.25, 0.3) is 0 Å². The Labute approximate surface area is 85.2 Å². The number of rotatable bonds is 1. The maximum absolute atomic E-state index is 11.2. The zero-order chi connectivity index (χ0) is 11.0. The summed E-state index contributed by atoms with van der Waals surface area (Å²) in [6, 6.07) is 4.76. The molecule has 2 aromatic rings. The zero-order valence-corrected chi connectivity index (χ0v) is 7.93. The molecule has 0 fully saturated rings. The Morgan fingerprint density at radius 1 is 1.60 bits per heavy atom. The van der Waals surface area contributed by atoms with Gasteiger partial charge in [-0.2, -0.15) is 10.4 Å². The van der Waals surface area contributed by atoms with E-state index in [0.29, 0.717) is 11.1 Å². The number of ketones is 1. The van der Waals surface area contributed by atoms with Crippen LogP contribution in [-0.4, -0.2) is 20.5 Å². The molecule has 0 amide bonds. The van der Waals surface area contributed by atoms with Gasteiger partial charge in [-0.1, -0.05) is 0 Å². The molecule has 2 heterocycles. The summed E-state index contributed by atoms with van der Waals surface area (Å²) in [5.41, 5.74) is 0.989. The highest BCUT2D eigenvalue weighted by Crippen LogP contribution is 2.20. The van der Waals surface area contributed by atoms with E-state index in [1.807, 2.05) is 6.07 Å². The number of hydrogen-bond acceptors (Lipinski definition) is 4. The fraction of sp³-hybridized carbons (Fsp3) is 0.100. The first kappa shape index (κ1) is 9.21. The fourth-order valence-electron chi connectivity index (χ4n) is 1.42. The quantitative estimate of drug-likeness (QED) is 0.701. The number of carbonyl (C=O) groups is 1. The predicted molar refractivity (Wildman–Crippen MR) is 51.6 cm³/mol. The van der Waals surface area contributed by atoms with E-state index in [1.165, 1.54) is 23.7 Å². The molecule has 0 saturated heterocycles. The molecule has 15 heavy (non-hydrogen) atoms. The Balaban J connectivity index is 2.88. The second-order valence-electron chi connectivity index (χ2n) is 3.09. The lowest BCUT2D eigenvalue weighted by atomic mass is 10.2. The molecule has 0 aliphatic heterocycles. The third-order valence-electron chi connectivity index (χ3n) is 2.15. The summed E-state index contributed by atoms with van der Waals surface area (Å²) >= 11 is 0. The fourth-order valence-corrected chi connectivity index (χ4v) is 1.42. The number of Topliss-reactive ketones (excluding diaryl/α,β-unsaturated/α-hetero) is 1. The van der Waals surface area contributed by atoms with Gasteiger partial charge < -0.3 is 5.11 Å². The van der Waals surface area contributed by atoms with Gasteiger partial charge >= 0.3 is 0 Å². The van der Waals surface area contributed by atoms with Gasteiger partial charge in [-0.3, -0.25) is 4.79 Å². The van der Waals surface area contributed by atoms with Crippen LogP contribution in [0.25, 0.3) is 5.52 Å². The lowest BCUT2D eigenvalue weighted by molar-refractivity contribution is 0.101. The second-order valence-corrected chi connectivity index (χ2v) is 3.09. The van der Waals surface area contributed by atoms with Gasteiger partial charge in [0.05, 0.1) is 17.3 Å². The first-order valence-electron chi connectivity index (χ1n) is 4.26. The Morgan fingerprint density at radius 2 is 2.33 bits per heavy atom. The van der Waals surface area contributed by atoms with Crippen molar-refractivity contribution in [3.63, 3.8) is 0 Å². The molecule has 2 rings (SSSR count). The number of hydrogen-bond donors (Lipinski definition) is 1. The number of nitrogens with zero attached hydrogens (tertiary/aromatic N) is 3. The minimum atomic E-state index is -0.150. The normalized spacial score (nSPS) is 10.1. The summed E-state index contributed by atoms with van der Waals surface area (Å²) in [6.07, 6.45) is 1.39. The van der Waals surface area contributed by atoms with E-state index in [4.69, 9.17) is 5.26 Å². The van der Waals surface area contributed by atoms with Crippen molar-refractivity contribution in [2.75, 3.05) is 0 Å². The van der Waals surface area contributed by atoms with Gasteiger partial charge in [-0.05, 0) is 19.1 Å². The van der Waals surface area contributed by atoms with Crippen molar-refractivity contribution in [2.45, 2.75) is 6.92 Å². The molecule has 0 aliphatic rings. The summed E-state index contributed by atoms with van der Waals surface area (Å²) in [5, 5.41) is 22.1. The van der Waals surface area contributed by atoms with Crippen LogP contribution >= 0.6 is 0 Å². The highest BCUT2D eigenvalue weighted by molar-refractivity contribution is 6.00.